The van der Waals surface area contributed by atoms with Gasteiger partial charge in [0.1, 0.15) is 23.2 Å². The smallest absolute Gasteiger partial charge is 0.329 e. The van der Waals surface area contributed by atoms with Gasteiger partial charge in [0.2, 0.25) is 11.8 Å². The number of amides is 5. The van der Waals surface area contributed by atoms with Gasteiger partial charge in [0, 0.05) is 24.8 Å². The summed E-state index contributed by atoms with van der Waals surface area (Å²) in [5.74, 6) is -2.28. The summed E-state index contributed by atoms with van der Waals surface area (Å²) in [4.78, 5) is 76.5. The van der Waals surface area contributed by atoms with Crippen molar-refractivity contribution in [3.63, 3.8) is 0 Å². The molecule has 0 saturated carbocycles. The van der Waals surface area contributed by atoms with Crippen LogP contribution in [0.4, 0.5) is 15.7 Å². The molecule has 3 aromatic rings. The molecule has 0 bridgehead atoms. The first-order valence-electron chi connectivity index (χ1n) is 12.8. The van der Waals surface area contributed by atoms with Crippen LogP contribution in [0, 0.1) is 0 Å². The van der Waals surface area contributed by atoms with Crippen LogP contribution >= 0.6 is 11.3 Å². The van der Waals surface area contributed by atoms with Gasteiger partial charge in [0.05, 0.1) is 25.2 Å². The van der Waals surface area contributed by atoms with Gasteiger partial charge in [0.15, 0.2) is 5.13 Å². The fourth-order valence-corrected chi connectivity index (χ4v) is 4.01. The van der Waals surface area contributed by atoms with Crippen LogP contribution in [0.3, 0.4) is 0 Å². The quantitative estimate of drug-likeness (QED) is 0.240. The van der Waals surface area contributed by atoms with Crippen LogP contribution in [0.1, 0.15) is 43.4 Å². The van der Waals surface area contributed by atoms with Crippen molar-refractivity contribution in [2.45, 2.75) is 45.4 Å². The zero-order valence-corrected chi connectivity index (χ0v) is 24.4. The Bertz CT molecular complexity index is 1390. The zero-order valence-electron chi connectivity index (χ0n) is 23.5. The fraction of sp³-hybridized carbons (Fsp3) is 0.333. The minimum Gasteiger partial charge on any atom is -0.460 e. The van der Waals surface area contributed by atoms with Crippen LogP contribution in [0.5, 0.6) is 0 Å². The number of nitrogens with one attached hydrogen (secondary N) is 4. The molecule has 1 atom stereocenters. The molecule has 0 saturated heterocycles. The SMILES string of the molecule is CN(C(=O)Nc1nc(C(=O)NCC(=O)N[C@@H](CC(=O)OC(C)(C)C)C(=O)NCc2ccccn2)cs1)c1ccccn1. The summed E-state index contributed by atoms with van der Waals surface area (Å²) in [5, 5.41) is 11.7. The minimum atomic E-state index is -1.26. The monoisotopic (exact) mass is 596 g/mol. The minimum absolute atomic E-state index is 0.0259. The average Bonchev–Trinajstić information content (AvgIpc) is 3.42. The van der Waals surface area contributed by atoms with Gasteiger partial charge in [-0.15, -0.1) is 11.3 Å². The highest BCUT2D eigenvalue weighted by atomic mass is 32.1. The summed E-state index contributed by atoms with van der Waals surface area (Å²) >= 11 is 1.02. The number of nitrogens with zero attached hydrogens (tertiary/aromatic N) is 4. The predicted octanol–water partition coefficient (Wildman–Crippen LogP) is 1.86. The van der Waals surface area contributed by atoms with E-state index in [0.717, 1.165) is 11.3 Å². The van der Waals surface area contributed by atoms with E-state index in [1.165, 1.54) is 17.3 Å². The lowest BCUT2D eigenvalue weighted by molar-refractivity contribution is -0.156. The number of aromatic nitrogens is 3. The molecule has 3 rings (SSSR count). The van der Waals surface area contributed by atoms with E-state index in [1.807, 2.05) is 0 Å². The van der Waals surface area contributed by atoms with Gasteiger partial charge in [-0.3, -0.25) is 34.4 Å². The van der Waals surface area contributed by atoms with Gasteiger partial charge in [-0.1, -0.05) is 12.1 Å². The lowest BCUT2D eigenvalue weighted by Crippen LogP contribution is -2.50. The van der Waals surface area contributed by atoms with Crippen LogP contribution in [0.15, 0.2) is 54.2 Å². The maximum Gasteiger partial charge on any atom is 0.329 e. The first kappa shape index (κ1) is 31.6. The lowest BCUT2D eigenvalue weighted by Gasteiger charge is -2.22. The Balaban J connectivity index is 1.54. The molecule has 14 nitrogen and oxygen atoms in total. The molecule has 0 fully saturated rings. The van der Waals surface area contributed by atoms with E-state index in [2.05, 4.69) is 36.2 Å². The second-order valence-corrected chi connectivity index (χ2v) is 10.7. The molecule has 42 heavy (non-hydrogen) atoms. The van der Waals surface area contributed by atoms with Gasteiger partial charge in [0.25, 0.3) is 5.91 Å². The van der Waals surface area contributed by atoms with Crippen molar-refractivity contribution in [1.29, 1.82) is 0 Å². The van der Waals surface area contributed by atoms with Crippen LogP contribution in [-0.2, 0) is 25.7 Å². The number of thiazole rings is 1. The molecule has 0 aliphatic carbocycles. The third-order valence-corrected chi connectivity index (χ3v) is 6.03. The number of carbonyl (C=O) groups is 5. The Labute approximate surface area is 246 Å². The van der Waals surface area contributed by atoms with Crippen molar-refractivity contribution < 1.29 is 28.7 Å². The van der Waals surface area contributed by atoms with Gasteiger partial charge in [-0.05, 0) is 45.0 Å². The Kier molecular flexibility index (Phi) is 11.0. The Morgan fingerprint density at radius 3 is 2.36 bits per heavy atom. The van der Waals surface area contributed by atoms with Crippen molar-refractivity contribution >= 4 is 52.0 Å². The van der Waals surface area contributed by atoms with Crippen molar-refractivity contribution in [3.8, 4) is 0 Å². The molecule has 0 unspecified atom stereocenters. The first-order valence-corrected chi connectivity index (χ1v) is 13.7. The van der Waals surface area contributed by atoms with Crippen molar-refractivity contribution in [3.05, 3.63) is 65.6 Å². The molecule has 222 valence electrons. The molecule has 3 heterocycles. The molecule has 0 aromatic carbocycles. The molecular formula is C27H32N8O6S. The summed E-state index contributed by atoms with van der Waals surface area (Å²) < 4.78 is 5.29. The highest BCUT2D eigenvalue weighted by molar-refractivity contribution is 7.14. The van der Waals surface area contributed by atoms with Crippen molar-refractivity contribution in [2.24, 2.45) is 0 Å². The molecule has 0 radical (unpaired) electrons. The van der Waals surface area contributed by atoms with Gasteiger partial charge < -0.3 is 20.7 Å². The normalized spacial score (nSPS) is 11.5. The van der Waals surface area contributed by atoms with E-state index >= 15 is 0 Å². The second kappa shape index (κ2) is 14.6. The number of esters is 1. The van der Waals surface area contributed by atoms with E-state index in [-0.39, 0.29) is 17.4 Å². The summed E-state index contributed by atoms with van der Waals surface area (Å²) in [5.41, 5.74) is -0.228. The number of urea groups is 1. The Morgan fingerprint density at radius 1 is 1.00 bits per heavy atom. The average molecular weight is 597 g/mol. The molecule has 4 N–H and O–H groups in total. The Morgan fingerprint density at radius 2 is 1.71 bits per heavy atom. The lowest BCUT2D eigenvalue weighted by atomic mass is 10.1. The van der Waals surface area contributed by atoms with Crippen molar-refractivity contribution in [1.82, 2.24) is 30.9 Å². The number of anilines is 2. The highest BCUT2D eigenvalue weighted by Gasteiger charge is 2.27. The Hall–Kier alpha value is -4.92. The number of hydrogen-bond donors (Lipinski definition) is 4. The van der Waals surface area contributed by atoms with E-state index in [0.29, 0.717) is 11.5 Å². The third-order valence-electron chi connectivity index (χ3n) is 5.27. The molecule has 5 amide bonds. The molecule has 0 spiro atoms. The molecule has 0 aliphatic heterocycles. The summed E-state index contributed by atoms with van der Waals surface area (Å²) in [6.45, 7) is 4.63. The predicted molar refractivity (Wildman–Crippen MR) is 155 cm³/mol. The number of hydrogen-bond acceptors (Lipinski definition) is 10. The number of carbonyl (C=O) groups excluding carboxylic acids is 5. The van der Waals surface area contributed by atoms with E-state index < -0.39 is 54.3 Å². The van der Waals surface area contributed by atoms with Gasteiger partial charge in [-0.25, -0.2) is 14.8 Å². The van der Waals surface area contributed by atoms with Crippen molar-refractivity contribution in [2.75, 3.05) is 23.8 Å². The summed E-state index contributed by atoms with van der Waals surface area (Å²) in [7, 11) is 1.53. The molecular weight excluding hydrogens is 564 g/mol. The standard InChI is InChI=1S/C27H32N8O6S/c1-27(2,3)41-22(37)13-18(23(38)30-14-17-9-5-7-11-28-17)32-21(36)15-31-24(39)19-16-42-25(33-19)34-26(40)35(4)20-10-6-8-12-29-20/h5-12,16,18H,13-15H2,1-4H3,(H,30,38)(H,31,39)(H,32,36)(H,33,34,40)/t18-/m0/s1. The van der Waals surface area contributed by atoms with Crippen LogP contribution < -0.4 is 26.2 Å². The number of ether oxygens (including phenoxy) is 1. The highest BCUT2D eigenvalue weighted by Crippen LogP contribution is 2.17. The second-order valence-electron chi connectivity index (χ2n) is 9.85. The molecule has 3 aromatic heterocycles. The van der Waals surface area contributed by atoms with E-state index in [4.69, 9.17) is 4.74 Å². The first-order chi connectivity index (χ1) is 19.9. The maximum atomic E-state index is 12.8. The largest absolute Gasteiger partial charge is 0.460 e. The van der Waals surface area contributed by atoms with E-state index in [1.54, 1.807) is 69.6 Å². The topological polar surface area (TPSA) is 185 Å². The summed E-state index contributed by atoms with van der Waals surface area (Å²) in [6.07, 6.45) is 2.70. The van der Waals surface area contributed by atoms with Crippen LogP contribution in [0.2, 0.25) is 0 Å². The third kappa shape index (κ3) is 10.2. The van der Waals surface area contributed by atoms with Crippen LogP contribution in [-0.4, -0.2) is 69.9 Å². The number of pyridine rings is 2. The zero-order chi connectivity index (χ0) is 30.7. The summed E-state index contributed by atoms with van der Waals surface area (Å²) in [6, 6.07) is 8.56. The number of rotatable bonds is 11. The van der Waals surface area contributed by atoms with Crippen LogP contribution in [0.25, 0.3) is 0 Å². The van der Waals surface area contributed by atoms with Gasteiger partial charge >= 0.3 is 12.0 Å². The fourth-order valence-electron chi connectivity index (χ4n) is 3.33. The maximum absolute atomic E-state index is 12.8. The molecule has 15 heteroatoms. The molecule has 0 aliphatic rings. The van der Waals surface area contributed by atoms with E-state index in [9.17, 15) is 24.0 Å². The van der Waals surface area contributed by atoms with Gasteiger partial charge in [-0.2, -0.15) is 0 Å².